The van der Waals surface area contributed by atoms with Crippen LogP contribution in [0.2, 0.25) is 0 Å². The number of amides is 2. The van der Waals surface area contributed by atoms with Crippen molar-refractivity contribution in [1.82, 2.24) is 5.43 Å². The Balaban J connectivity index is 1.67. The molecular formula is C20H21N3O4. The van der Waals surface area contributed by atoms with Crippen molar-refractivity contribution in [2.75, 3.05) is 25.7 Å². The van der Waals surface area contributed by atoms with E-state index < -0.39 is 0 Å². The fraction of sp³-hybridized carbons (Fsp3) is 0.250. The Morgan fingerprint density at radius 3 is 2.67 bits per heavy atom. The normalized spacial score (nSPS) is 13.9. The second-order valence-corrected chi connectivity index (χ2v) is 6.01. The van der Waals surface area contributed by atoms with Crippen molar-refractivity contribution in [3.05, 3.63) is 53.6 Å². The number of hydrogen-bond donors (Lipinski definition) is 1. The van der Waals surface area contributed by atoms with Crippen LogP contribution in [-0.4, -0.2) is 38.8 Å². The highest BCUT2D eigenvalue weighted by Gasteiger charge is 2.22. The minimum Gasteiger partial charge on any atom is -0.493 e. The topological polar surface area (TPSA) is 80.2 Å². The van der Waals surface area contributed by atoms with Gasteiger partial charge >= 0.3 is 0 Å². The molecule has 0 spiro atoms. The first-order valence-corrected chi connectivity index (χ1v) is 8.58. The summed E-state index contributed by atoms with van der Waals surface area (Å²) < 4.78 is 10.4. The van der Waals surface area contributed by atoms with Crippen molar-refractivity contribution in [3.8, 4) is 11.5 Å². The van der Waals surface area contributed by atoms with Gasteiger partial charge in [-0.2, -0.15) is 5.10 Å². The molecule has 0 aromatic heterocycles. The third-order valence-electron chi connectivity index (χ3n) is 4.28. The van der Waals surface area contributed by atoms with Crippen LogP contribution in [0.25, 0.3) is 0 Å². The van der Waals surface area contributed by atoms with Gasteiger partial charge in [0.15, 0.2) is 11.5 Å². The van der Waals surface area contributed by atoms with Crippen LogP contribution in [0.4, 0.5) is 5.69 Å². The van der Waals surface area contributed by atoms with Gasteiger partial charge < -0.3 is 14.4 Å². The zero-order valence-electron chi connectivity index (χ0n) is 15.3. The third kappa shape index (κ3) is 4.25. The third-order valence-corrected chi connectivity index (χ3v) is 4.28. The number of carbonyl (C=O) groups is 2. The molecule has 1 heterocycles. The van der Waals surface area contributed by atoms with Crippen LogP contribution >= 0.6 is 0 Å². The lowest BCUT2D eigenvalue weighted by atomic mass is 10.2. The maximum absolute atomic E-state index is 12.3. The van der Waals surface area contributed by atoms with Crippen LogP contribution in [0.5, 0.6) is 11.5 Å². The Bertz CT molecular complexity index is 879. The number of hydrazone groups is 1. The monoisotopic (exact) mass is 367 g/mol. The van der Waals surface area contributed by atoms with E-state index in [4.69, 9.17) is 9.47 Å². The number of rotatable bonds is 6. The number of anilines is 1. The SMILES string of the molecule is COc1ccc(C=NNC(=O)c2cccc(N3CCCC3=O)c2)cc1OC. The number of benzene rings is 2. The van der Waals surface area contributed by atoms with Crippen molar-refractivity contribution < 1.29 is 19.1 Å². The molecule has 3 rings (SSSR count). The van der Waals surface area contributed by atoms with Gasteiger partial charge in [-0.15, -0.1) is 0 Å². The van der Waals surface area contributed by atoms with Gasteiger partial charge in [0.25, 0.3) is 5.91 Å². The first-order valence-electron chi connectivity index (χ1n) is 8.58. The first-order chi connectivity index (χ1) is 13.1. The fourth-order valence-electron chi connectivity index (χ4n) is 2.90. The summed E-state index contributed by atoms with van der Waals surface area (Å²) in [5.41, 5.74) is 4.42. The maximum atomic E-state index is 12.3. The molecule has 27 heavy (non-hydrogen) atoms. The molecule has 2 aromatic rings. The second-order valence-electron chi connectivity index (χ2n) is 6.01. The molecule has 0 radical (unpaired) electrons. The fourth-order valence-corrected chi connectivity index (χ4v) is 2.90. The van der Waals surface area contributed by atoms with Gasteiger partial charge in [0, 0.05) is 24.2 Å². The molecule has 1 saturated heterocycles. The smallest absolute Gasteiger partial charge is 0.271 e. The number of hydrogen-bond acceptors (Lipinski definition) is 5. The van der Waals surface area contributed by atoms with Gasteiger partial charge in [-0.05, 0) is 48.4 Å². The first kappa shape index (κ1) is 18.4. The van der Waals surface area contributed by atoms with E-state index >= 15 is 0 Å². The van der Waals surface area contributed by atoms with E-state index in [1.165, 1.54) is 6.21 Å². The summed E-state index contributed by atoms with van der Waals surface area (Å²) in [7, 11) is 3.12. The Kier molecular flexibility index (Phi) is 5.71. The lowest BCUT2D eigenvalue weighted by Gasteiger charge is -2.16. The Hall–Kier alpha value is -3.35. The second kappa shape index (κ2) is 8.35. The van der Waals surface area contributed by atoms with Crippen molar-refractivity contribution in [1.29, 1.82) is 0 Å². The zero-order valence-corrected chi connectivity index (χ0v) is 15.3. The van der Waals surface area contributed by atoms with Crippen LogP contribution in [0.1, 0.15) is 28.8 Å². The Morgan fingerprint density at radius 2 is 1.96 bits per heavy atom. The van der Waals surface area contributed by atoms with E-state index in [1.807, 2.05) is 6.07 Å². The molecule has 1 N–H and O–H groups in total. The quantitative estimate of drug-likeness (QED) is 0.629. The molecule has 7 heteroatoms. The predicted molar refractivity (Wildman–Crippen MR) is 103 cm³/mol. The molecule has 0 aliphatic carbocycles. The number of nitrogens with zero attached hydrogens (tertiary/aromatic N) is 2. The molecule has 140 valence electrons. The minimum atomic E-state index is -0.347. The number of carbonyl (C=O) groups excluding carboxylic acids is 2. The van der Waals surface area contributed by atoms with Crippen molar-refractivity contribution >= 4 is 23.7 Å². The van der Waals surface area contributed by atoms with Gasteiger partial charge in [-0.25, -0.2) is 5.43 Å². The molecule has 0 atom stereocenters. The molecule has 0 saturated carbocycles. The van der Waals surface area contributed by atoms with E-state index in [0.29, 0.717) is 30.0 Å². The van der Waals surface area contributed by atoms with E-state index in [1.54, 1.807) is 55.5 Å². The number of methoxy groups -OCH3 is 2. The van der Waals surface area contributed by atoms with E-state index in [2.05, 4.69) is 10.5 Å². The van der Waals surface area contributed by atoms with Crippen molar-refractivity contribution in [2.45, 2.75) is 12.8 Å². The zero-order chi connectivity index (χ0) is 19.2. The van der Waals surface area contributed by atoms with Crippen LogP contribution < -0.4 is 19.8 Å². The molecule has 0 unspecified atom stereocenters. The summed E-state index contributed by atoms with van der Waals surface area (Å²) in [6.07, 6.45) is 2.91. The average molecular weight is 367 g/mol. The predicted octanol–water partition coefficient (Wildman–Crippen LogP) is 2.59. The number of ether oxygens (including phenoxy) is 2. The van der Waals surface area contributed by atoms with Crippen LogP contribution in [-0.2, 0) is 4.79 Å². The molecule has 1 aliphatic heterocycles. The van der Waals surface area contributed by atoms with Crippen molar-refractivity contribution in [2.24, 2.45) is 5.10 Å². The minimum absolute atomic E-state index is 0.0824. The summed E-state index contributed by atoms with van der Waals surface area (Å²) in [4.78, 5) is 25.9. The molecular weight excluding hydrogens is 346 g/mol. The Labute approximate surface area is 157 Å². The molecule has 1 fully saturated rings. The summed E-state index contributed by atoms with van der Waals surface area (Å²) in [5.74, 6) is 0.932. The number of nitrogens with one attached hydrogen (secondary N) is 1. The molecule has 7 nitrogen and oxygen atoms in total. The van der Waals surface area contributed by atoms with Gasteiger partial charge in [-0.3, -0.25) is 9.59 Å². The summed E-state index contributed by atoms with van der Waals surface area (Å²) >= 11 is 0. The molecule has 1 aliphatic rings. The molecule has 0 bridgehead atoms. The van der Waals surface area contributed by atoms with E-state index in [0.717, 1.165) is 17.7 Å². The van der Waals surface area contributed by atoms with Crippen molar-refractivity contribution in [3.63, 3.8) is 0 Å². The Morgan fingerprint density at radius 1 is 1.15 bits per heavy atom. The van der Waals surface area contributed by atoms with E-state index in [-0.39, 0.29) is 11.8 Å². The van der Waals surface area contributed by atoms with Gasteiger partial charge in [0.2, 0.25) is 5.91 Å². The van der Waals surface area contributed by atoms with Crippen LogP contribution in [0, 0.1) is 0 Å². The standard InChI is InChI=1S/C20H21N3O4/c1-26-17-9-8-14(11-18(17)27-2)13-21-22-20(25)15-5-3-6-16(12-15)23-10-4-7-19(23)24/h3,5-6,8-9,11-13H,4,7,10H2,1-2H3,(H,22,25). The molecule has 2 aromatic carbocycles. The average Bonchev–Trinajstić information content (AvgIpc) is 3.13. The van der Waals surface area contributed by atoms with Gasteiger partial charge in [0.1, 0.15) is 0 Å². The van der Waals surface area contributed by atoms with Crippen LogP contribution in [0.15, 0.2) is 47.6 Å². The largest absolute Gasteiger partial charge is 0.493 e. The maximum Gasteiger partial charge on any atom is 0.271 e. The van der Waals surface area contributed by atoms with Gasteiger partial charge in [-0.1, -0.05) is 6.07 Å². The summed E-state index contributed by atoms with van der Waals surface area (Å²) in [5, 5.41) is 3.99. The molecule has 2 amide bonds. The highest BCUT2D eigenvalue weighted by molar-refractivity contribution is 5.99. The van der Waals surface area contributed by atoms with Gasteiger partial charge in [0.05, 0.1) is 20.4 Å². The highest BCUT2D eigenvalue weighted by atomic mass is 16.5. The summed E-state index contributed by atoms with van der Waals surface area (Å²) in [6.45, 7) is 0.682. The lowest BCUT2D eigenvalue weighted by Crippen LogP contribution is -2.24. The summed E-state index contributed by atoms with van der Waals surface area (Å²) in [6, 6.07) is 12.3. The highest BCUT2D eigenvalue weighted by Crippen LogP contribution is 2.27. The van der Waals surface area contributed by atoms with E-state index in [9.17, 15) is 9.59 Å². The lowest BCUT2D eigenvalue weighted by molar-refractivity contribution is -0.117. The van der Waals surface area contributed by atoms with Crippen LogP contribution in [0.3, 0.4) is 0 Å².